The summed E-state index contributed by atoms with van der Waals surface area (Å²) in [7, 11) is 1.31. The van der Waals surface area contributed by atoms with E-state index in [0.717, 1.165) is 12.8 Å². The maximum atomic E-state index is 11.2. The standard InChI is InChI=1S/C8H8ClNO3/c1-12-8(11)5-6(4-2-3-4)10-13-7(5)9/h4H,2-3H2,1H3. The molecule has 1 aliphatic rings. The van der Waals surface area contributed by atoms with Crippen LogP contribution in [0.25, 0.3) is 0 Å². The van der Waals surface area contributed by atoms with Crippen LogP contribution in [0.15, 0.2) is 4.52 Å². The van der Waals surface area contributed by atoms with Gasteiger partial charge in [0.05, 0.1) is 7.11 Å². The Morgan fingerprint density at radius 2 is 2.38 bits per heavy atom. The zero-order chi connectivity index (χ0) is 9.42. The second-order valence-corrected chi connectivity index (χ2v) is 3.33. The summed E-state index contributed by atoms with van der Waals surface area (Å²) in [5, 5.41) is 3.76. The van der Waals surface area contributed by atoms with Crippen LogP contribution in [-0.4, -0.2) is 18.2 Å². The van der Waals surface area contributed by atoms with Crippen molar-refractivity contribution < 1.29 is 14.1 Å². The largest absolute Gasteiger partial charge is 0.465 e. The van der Waals surface area contributed by atoms with Crippen LogP contribution in [0.1, 0.15) is 34.8 Å². The Morgan fingerprint density at radius 1 is 1.69 bits per heavy atom. The van der Waals surface area contributed by atoms with Crippen molar-refractivity contribution in [1.29, 1.82) is 0 Å². The number of hydrogen-bond acceptors (Lipinski definition) is 4. The third kappa shape index (κ3) is 1.42. The van der Waals surface area contributed by atoms with E-state index >= 15 is 0 Å². The first-order chi connectivity index (χ1) is 6.24. The van der Waals surface area contributed by atoms with Crippen molar-refractivity contribution in [3.63, 3.8) is 0 Å². The Morgan fingerprint density at radius 3 is 2.92 bits per heavy atom. The van der Waals surface area contributed by atoms with E-state index in [9.17, 15) is 4.79 Å². The summed E-state index contributed by atoms with van der Waals surface area (Å²) in [6.45, 7) is 0. The van der Waals surface area contributed by atoms with Gasteiger partial charge < -0.3 is 9.26 Å². The lowest BCUT2D eigenvalue weighted by Crippen LogP contribution is -2.03. The number of hydrogen-bond donors (Lipinski definition) is 0. The number of nitrogens with zero attached hydrogens (tertiary/aromatic N) is 1. The van der Waals surface area contributed by atoms with Crippen molar-refractivity contribution in [1.82, 2.24) is 5.16 Å². The van der Waals surface area contributed by atoms with Gasteiger partial charge in [0.2, 0.25) is 5.22 Å². The number of carbonyl (C=O) groups excluding carboxylic acids is 1. The molecule has 0 N–H and O–H groups in total. The minimum absolute atomic E-state index is 0.0220. The molecule has 0 unspecified atom stereocenters. The number of aromatic nitrogens is 1. The summed E-state index contributed by atoms with van der Waals surface area (Å²) in [6.07, 6.45) is 2.07. The van der Waals surface area contributed by atoms with Crippen molar-refractivity contribution >= 4 is 17.6 Å². The van der Waals surface area contributed by atoms with E-state index in [0.29, 0.717) is 11.6 Å². The molecule has 4 nitrogen and oxygen atoms in total. The first-order valence-corrected chi connectivity index (χ1v) is 4.35. The van der Waals surface area contributed by atoms with E-state index < -0.39 is 5.97 Å². The van der Waals surface area contributed by atoms with Gasteiger partial charge in [-0.05, 0) is 24.4 Å². The molecule has 0 bridgehead atoms. The summed E-state index contributed by atoms with van der Waals surface area (Å²) in [5.74, 6) is -0.154. The average molecular weight is 202 g/mol. The van der Waals surface area contributed by atoms with Crippen LogP contribution in [0.2, 0.25) is 5.22 Å². The molecule has 2 rings (SSSR count). The topological polar surface area (TPSA) is 52.3 Å². The number of carbonyl (C=O) groups is 1. The van der Waals surface area contributed by atoms with Gasteiger partial charge in [0.15, 0.2) is 0 Å². The number of methoxy groups -OCH3 is 1. The second-order valence-electron chi connectivity index (χ2n) is 2.98. The molecule has 1 aliphatic carbocycles. The zero-order valence-corrected chi connectivity index (χ0v) is 7.80. The Hall–Kier alpha value is -1.03. The normalized spacial score (nSPS) is 15.8. The summed E-state index contributed by atoms with van der Waals surface area (Å²) < 4.78 is 9.31. The van der Waals surface area contributed by atoms with E-state index in [1.165, 1.54) is 7.11 Å². The van der Waals surface area contributed by atoms with Gasteiger partial charge in [0.1, 0.15) is 11.3 Å². The molecule has 13 heavy (non-hydrogen) atoms. The van der Waals surface area contributed by atoms with E-state index in [2.05, 4.69) is 9.89 Å². The van der Waals surface area contributed by atoms with Gasteiger partial charge in [-0.3, -0.25) is 0 Å². The number of ether oxygens (including phenoxy) is 1. The fraction of sp³-hybridized carbons (Fsp3) is 0.500. The van der Waals surface area contributed by atoms with Gasteiger partial charge in [-0.2, -0.15) is 0 Å². The van der Waals surface area contributed by atoms with Crippen molar-refractivity contribution in [2.24, 2.45) is 0 Å². The van der Waals surface area contributed by atoms with Crippen LogP contribution >= 0.6 is 11.6 Å². The zero-order valence-electron chi connectivity index (χ0n) is 7.04. The molecule has 0 radical (unpaired) electrons. The van der Waals surface area contributed by atoms with Gasteiger partial charge in [-0.15, -0.1) is 0 Å². The lowest BCUT2D eigenvalue weighted by molar-refractivity contribution is 0.0599. The molecular weight excluding hydrogens is 194 g/mol. The molecule has 5 heteroatoms. The van der Waals surface area contributed by atoms with E-state index in [1.54, 1.807) is 0 Å². The smallest absolute Gasteiger partial charge is 0.344 e. The van der Waals surface area contributed by atoms with Crippen molar-refractivity contribution in [3.05, 3.63) is 16.5 Å². The molecule has 1 saturated carbocycles. The molecule has 70 valence electrons. The highest BCUT2D eigenvalue weighted by Crippen LogP contribution is 2.42. The maximum Gasteiger partial charge on any atom is 0.344 e. The highest BCUT2D eigenvalue weighted by molar-refractivity contribution is 6.31. The van der Waals surface area contributed by atoms with Crippen molar-refractivity contribution in [3.8, 4) is 0 Å². The molecule has 0 aliphatic heterocycles. The van der Waals surface area contributed by atoms with Crippen LogP contribution in [0, 0.1) is 0 Å². The van der Waals surface area contributed by atoms with Gasteiger partial charge in [0, 0.05) is 5.92 Å². The van der Waals surface area contributed by atoms with Crippen LogP contribution in [0.3, 0.4) is 0 Å². The first kappa shape index (κ1) is 8.56. The number of halogens is 1. The minimum Gasteiger partial charge on any atom is -0.465 e. The van der Waals surface area contributed by atoms with E-state index in [4.69, 9.17) is 16.1 Å². The second kappa shape index (κ2) is 3.03. The predicted octanol–water partition coefficient (Wildman–Crippen LogP) is 1.99. The minimum atomic E-state index is -0.479. The molecular formula is C8H8ClNO3. The molecule has 0 amide bonds. The Bertz CT molecular complexity index is 343. The lowest BCUT2D eigenvalue weighted by atomic mass is 10.2. The number of esters is 1. The molecule has 0 spiro atoms. The van der Waals surface area contributed by atoms with Crippen LogP contribution in [-0.2, 0) is 4.74 Å². The summed E-state index contributed by atoms with van der Waals surface area (Å²) >= 11 is 5.66. The van der Waals surface area contributed by atoms with E-state index in [1.807, 2.05) is 0 Å². The Balaban J connectivity index is 2.39. The molecule has 1 aromatic rings. The van der Waals surface area contributed by atoms with Crippen LogP contribution < -0.4 is 0 Å². The predicted molar refractivity (Wildman–Crippen MR) is 44.8 cm³/mol. The quantitative estimate of drug-likeness (QED) is 0.687. The maximum absolute atomic E-state index is 11.2. The molecule has 1 heterocycles. The van der Waals surface area contributed by atoms with Crippen LogP contribution in [0.4, 0.5) is 0 Å². The van der Waals surface area contributed by atoms with Crippen LogP contribution in [0.5, 0.6) is 0 Å². The summed E-state index contributed by atoms with van der Waals surface area (Å²) in [4.78, 5) is 11.2. The molecule has 0 atom stereocenters. The molecule has 1 aromatic heterocycles. The fourth-order valence-electron chi connectivity index (χ4n) is 1.20. The monoisotopic (exact) mass is 201 g/mol. The van der Waals surface area contributed by atoms with Gasteiger partial charge in [0.25, 0.3) is 0 Å². The third-order valence-corrected chi connectivity index (χ3v) is 2.29. The van der Waals surface area contributed by atoms with Crippen molar-refractivity contribution in [2.75, 3.05) is 7.11 Å². The summed E-state index contributed by atoms with van der Waals surface area (Å²) in [6, 6.07) is 0. The summed E-state index contributed by atoms with van der Waals surface area (Å²) in [5.41, 5.74) is 0.920. The van der Waals surface area contributed by atoms with Gasteiger partial charge in [-0.1, -0.05) is 5.16 Å². The lowest BCUT2D eigenvalue weighted by Gasteiger charge is -1.96. The highest BCUT2D eigenvalue weighted by Gasteiger charge is 2.34. The average Bonchev–Trinajstić information content (AvgIpc) is 2.89. The van der Waals surface area contributed by atoms with Gasteiger partial charge >= 0.3 is 5.97 Å². The Kier molecular flexibility index (Phi) is 2.00. The highest BCUT2D eigenvalue weighted by atomic mass is 35.5. The SMILES string of the molecule is COC(=O)c1c(C2CC2)noc1Cl. The fourth-order valence-corrected chi connectivity index (χ4v) is 1.41. The van der Waals surface area contributed by atoms with Gasteiger partial charge in [-0.25, -0.2) is 4.79 Å². The Labute approximate surface area is 79.8 Å². The molecule has 0 aromatic carbocycles. The van der Waals surface area contributed by atoms with E-state index in [-0.39, 0.29) is 10.8 Å². The first-order valence-electron chi connectivity index (χ1n) is 3.97. The van der Waals surface area contributed by atoms with Crippen molar-refractivity contribution in [2.45, 2.75) is 18.8 Å². The third-order valence-electron chi connectivity index (χ3n) is 2.03. The molecule has 0 saturated heterocycles. The molecule has 1 fully saturated rings. The number of rotatable bonds is 2.